The lowest BCUT2D eigenvalue weighted by Crippen LogP contribution is -2.36. The van der Waals surface area contributed by atoms with Gasteiger partial charge in [0.2, 0.25) is 0 Å². The molecule has 0 spiro atoms. The Hall–Kier alpha value is -2.96. The highest BCUT2D eigenvalue weighted by molar-refractivity contribution is 7.22. The topological polar surface area (TPSA) is 54.5 Å². The number of rotatable bonds is 3. The number of benzene rings is 3. The molecule has 3 aromatic carbocycles. The van der Waals surface area contributed by atoms with Crippen LogP contribution in [0, 0.1) is 0 Å². The fraction of sp³-hybridized carbons (Fsp3) is 0.182. The highest BCUT2D eigenvalue weighted by Gasteiger charge is 2.14. The van der Waals surface area contributed by atoms with Crippen LogP contribution in [-0.2, 0) is 4.74 Å². The highest BCUT2D eigenvalue weighted by atomic mass is 32.1. The summed E-state index contributed by atoms with van der Waals surface area (Å²) in [7, 11) is 0. The lowest BCUT2D eigenvalue weighted by Gasteiger charge is -2.28. The van der Waals surface area contributed by atoms with Crippen molar-refractivity contribution in [3.05, 3.63) is 66.2 Å². The van der Waals surface area contributed by atoms with Crippen molar-refractivity contribution >= 4 is 49.1 Å². The van der Waals surface area contributed by atoms with Crippen molar-refractivity contribution in [3.8, 4) is 0 Å². The van der Waals surface area contributed by atoms with Crippen LogP contribution in [0.15, 0.2) is 60.7 Å². The Labute approximate surface area is 166 Å². The zero-order chi connectivity index (χ0) is 18.9. The summed E-state index contributed by atoms with van der Waals surface area (Å²) in [5, 5.41) is 5.82. The van der Waals surface area contributed by atoms with Gasteiger partial charge < -0.3 is 9.64 Å². The van der Waals surface area contributed by atoms with E-state index in [1.165, 1.54) is 11.3 Å². The molecule has 28 heavy (non-hydrogen) atoms. The lowest BCUT2D eigenvalue weighted by molar-refractivity contribution is 0.102. The van der Waals surface area contributed by atoms with Gasteiger partial charge in [-0.05, 0) is 35.7 Å². The van der Waals surface area contributed by atoms with Crippen LogP contribution in [0.1, 0.15) is 10.4 Å². The average molecular weight is 389 g/mol. The first-order valence-electron chi connectivity index (χ1n) is 9.30. The van der Waals surface area contributed by atoms with Crippen molar-refractivity contribution < 1.29 is 9.53 Å². The predicted molar refractivity (Wildman–Crippen MR) is 115 cm³/mol. The standard InChI is InChI=1S/C22H19N3O2S/c26-21(16-5-8-17(9-6-16)25-11-13-27-14-12-25)24-22-23-20-18-4-2-1-3-15(18)7-10-19(20)28-22/h1-10H,11-14H2,(H,23,24,26). The second-order valence-electron chi connectivity index (χ2n) is 6.75. The summed E-state index contributed by atoms with van der Waals surface area (Å²) in [6.45, 7) is 3.25. The van der Waals surface area contributed by atoms with E-state index >= 15 is 0 Å². The van der Waals surface area contributed by atoms with E-state index in [0.717, 1.165) is 53.0 Å². The van der Waals surface area contributed by atoms with E-state index < -0.39 is 0 Å². The van der Waals surface area contributed by atoms with Crippen molar-refractivity contribution in [1.82, 2.24) is 4.98 Å². The maximum Gasteiger partial charge on any atom is 0.257 e. The number of hydrogen-bond donors (Lipinski definition) is 1. The third kappa shape index (κ3) is 3.21. The molecule has 5 nitrogen and oxygen atoms in total. The summed E-state index contributed by atoms with van der Waals surface area (Å²) in [5.41, 5.74) is 2.67. The molecule has 1 amide bonds. The number of hydrogen-bond acceptors (Lipinski definition) is 5. The summed E-state index contributed by atoms with van der Waals surface area (Å²) in [6, 6.07) is 20.0. The summed E-state index contributed by atoms with van der Waals surface area (Å²) in [4.78, 5) is 19.6. The minimum Gasteiger partial charge on any atom is -0.378 e. The van der Waals surface area contributed by atoms with E-state index in [2.05, 4.69) is 39.5 Å². The van der Waals surface area contributed by atoms with Gasteiger partial charge in [0.05, 0.1) is 23.4 Å². The van der Waals surface area contributed by atoms with Crippen LogP contribution < -0.4 is 10.2 Å². The Morgan fingerprint density at radius 2 is 1.79 bits per heavy atom. The predicted octanol–water partition coefficient (Wildman–Crippen LogP) is 4.54. The molecule has 6 heteroatoms. The molecule has 1 N–H and O–H groups in total. The van der Waals surface area contributed by atoms with Gasteiger partial charge in [-0.3, -0.25) is 10.1 Å². The quantitative estimate of drug-likeness (QED) is 0.559. The van der Waals surface area contributed by atoms with E-state index in [0.29, 0.717) is 10.7 Å². The Morgan fingerprint density at radius 3 is 2.61 bits per heavy atom. The zero-order valence-electron chi connectivity index (χ0n) is 15.2. The van der Waals surface area contributed by atoms with Crippen molar-refractivity contribution in [2.24, 2.45) is 0 Å². The van der Waals surface area contributed by atoms with Gasteiger partial charge in [-0.1, -0.05) is 41.7 Å². The molecule has 140 valence electrons. The Bertz CT molecular complexity index is 1150. The number of nitrogens with one attached hydrogen (secondary N) is 1. The molecule has 0 unspecified atom stereocenters. The highest BCUT2D eigenvalue weighted by Crippen LogP contribution is 2.32. The molecular weight excluding hydrogens is 370 g/mol. The second kappa shape index (κ2) is 7.22. The van der Waals surface area contributed by atoms with Crippen LogP contribution in [0.2, 0.25) is 0 Å². The molecule has 0 aliphatic carbocycles. The summed E-state index contributed by atoms with van der Waals surface area (Å²) in [5.74, 6) is -0.142. The minimum atomic E-state index is -0.142. The van der Waals surface area contributed by atoms with Gasteiger partial charge in [-0.25, -0.2) is 4.98 Å². The van der Waals surface area contributed by atoms with Crippen molar-refractivity contribution in [3.63, 3.8) is 0 Å². The number of carbonyl (C=O) groups is 1. The lowest BCUT2D eigenvalue weighted by atomic mass is 10.1. The molecular formula is C22H19N3O2S. The van der Waals surface area contributed by atoms with Gasteiger partial charge in [0.1, 0.15) is 0 Å². The Morgan fingerprint density at radius 1 is 1.00 bits per heavy atom. The first-order valence-corrected chi connectivity index (χ1v) is 10.1. The largest absolute Gasteiger partial charge is 0.378 e. The van der Waals surface area contributed by atoms with Crippen molar-refractivity contribution in [2.75, 3.05) is 36.5 Å². The van der Waals surface area contributed by atoms with Gasteiger partial charge in [0.15, 0.2) is 5.13 Å². The van der Waals surface area contributed by atoms with Gasteiger partial charge in [0.25, 0.3) is 5.91 Å². The molecule has 4 aromatic rings. The van der Waals surface area contributed by atoms with E-state index in [4.69, 9.17) is 4.74 Å². The molecule has 0 atom stereocenters. The normalized spacial score (nSPS) is 14.5. The monoisotopic (exact) mass is 389 g/mol. The number of morpholine rings is 1. The number of fused-ring (bicyclic) bond motifs is 3. The Balaban J connectivity index is 1.37. The average Bonchev–Trinajstić information content (AvgIpc) is 3.17. The maximum absolute atomic E-state index is 12.7. The van der Waals surface area contributed by atoms with E-state index in [1.54, 1.807) is 0 Å². The first kappa shape index (κ1) is 17.2. The zero-order valence-corrected chi connectivity index (χ0v) is 16.0. The van der Waals surface area contributed by atoms with Gasteiger partial charge >= 0.3 is 0 Å². The molecule has 1 aliphatic heterocycles. The van der Waals surface area contributed by atoms with Crippen LogP contribution in [0.3, 0.4) is 0 Å². The van der Waals surface area contributed by atoms with Crippen molar-refractivity contribution in [2.45, 2.75) is 0 Å². The number of anilines is 2. The third-order valence-electron chi connectivity index (χ3n) is 5.01. The molecule has 0 bridgehead atoms. The van der Waals surface area contributed by atoms with Gasteiger partial charge in [-0.15, -0.1) is 0 Å². The Kier molecular flexibility index (Phi) is 4.43. The molecule has 1 aromatic heterocycles. The fourth-order valence-corrected chi connectivity index (χ4v) is 4.41. The molecule has 2 heterocycles. The molecule has 1 saturated heterocycles. The maximum atomic E-state index is 12.7. The number of thiazole rings is 1. The molecule has 0 radical (unpaired) electrons. The molecule has 1 fully saturated rings. The molecule has 5 rings (SSSR count). The van der Waals surface area contributed by atoms with Gasteiger partial charge in [-0.2, -0.15) is 0 Å². The van der Waals surface area contributed by atoms with Crippen LogP contribution in [0.25, 0.3) is 21.0 Å². The number of nitrogens with zero attached hydrogens (tertiary/aromatic N) is 2. The summed E-state index contributed by atoms with van der Waals surface area (Å²) in [6.07, 6.45) is 0. The molecule has 1 aliphatic rings. The van der Waals surface area contributed by atoms with E-state index in [1.807, 2.05) is 36.4 Å². The van der Waals surface area contributed by atoms with E-state index in [-0.39, 0.29) is 5.91 Å². The SMILES string of the molecule is O=C(Nc1nc2c(ccc3ccccc32)s1)c1ccc(N2CCOCC2)cc1. The number of ether oxygens (including phenoxy) is 1. The van der Waals surface area contributed by atoms with Crippen LogP contribution in [0.5, 0.6) is 0 Å². The smallest absolute Gasteiger partial charge is 0.257 e. The van der Waals surface area contributed by atoms with Gasteiger partial charge in [0, 0.05) is 29.7 Å². The van der Waals surface area contributed by atoms with Crippen LogP contribution >= 0.6 is 11.3 Å². The second-order valence-corrected chi connectivity index (χ2v) is 7.78. The first-order chi connectivity index (χ1) is 13.8. The minimum absolute atomic E-state index is 0.142. The summed E-state index contributed by atoms with van der Waals surface area (Å²) >= 11 is 1.50. The fourth-order valence-electron chi connectivity index (χ4n) is 3.53. The van der Waals surface area contributed by atoms with E-state index in [9.17, 15) is 4.79 Å². The van der Waals surface area contributed by atoms with Crippen molar-refractivity contribution in [1.29, 1.82) is 0 Å². The molecule has 0 saturated carbocycles. The summed E-state index contributed by atoms with van der Waals surface area (Å²) < 4.78 is 6.46. The van der Waals surface area contributed by atoms with Crippen LogP contribution in [-0.4, -0.2) is 37.2 Å². The number of aromatic nitrogens is 1. The third-order valence-corrected chi connectivity index (χ3v) is 5.95. The number of carbonyl (C=O) groups excluding carboxylic acids is 1. The number of amides is 1. The van der Waals surface area contributed by atoms with Crippen LogP contribution in [0.4, 0.5) is 10.8 Å².